The molecule has 132 valence electrons. The van der Waals surface area contributed by atoms with Gasteiger partial charge in [0.1, 0.15) is 0 Å². The Morgan fingerprint density at radius 3 is 2.46 bits per heavy atom. The van der Waals surface area contributed by atoms with Gasteiger partial charge in [0, 0.05) is 23.6 Å². The van der Waals surface area contributed by atoms with E-state index >= 15 is 0 Å². The van der Waals surface area contributed by atoms with Crippen LogP contribution in [-0.4, -0.2) is 26.7 Å². The van der Waals surface area contributed by atoms with Crippen molar-refractivity contribution in [3.63, 3.8) is 0 Å². The number of amides is 1. The second-order valence-corrected chi connectivity index (χ2v) is 6.76. The molecule has 1 aromatic heterocycles. The average molecular weight is 347 g/mol. The number of carbonyl (C=O) groups is 1. The Morgan fingerprint density at radius 2 is 1.85 bits per heavy atom. The summed E-state index contributed by atoms with van der Waals surface area (Å²) in [5.41, 5.74) is 2.66. The lowest BCUT2D eigenvalue weighted by molar-refractivity contribution is 0.0235. The van der Waals surface area contributed by atoms with E-state index in [4.69, 9.17) is 0 Å². The van der Waals surface area contributed by atoms with E-state index < -0.39 is 0 Å². The summed E-state index contributed by atoms with van der Waals surface area (Å²) in [7, 11) is 0. The van der Waals surface area contributed by atoms with E-state index in [0.29, 0.717) is 5.56 Å². The van der Waals surface area contributed by atoms with Gasteiger partial charge in [0.05, 0.1) is 18.5 Å². The SMILES string of the molecule is O=C(NC(c1ccccc1)C1CC(O)C1)c1ccc(-n2ccnc2)cc1. The van der Waals surface area contributed by atoms with Crippen molar-refractivity contribution in [2.24, 2.45) is 5.92 Å². The van der Waals surface area contributed by atoms with Gasteiger partial charge < -0.3 is 15.0 Å². The van der Waals surface area contributed by atoms with Crippen molar-refractivity contribution in [1.82, 2.24) is 14.9 Å². The standard InChI is InChI=1S/C21H21N3O2/c25-19-12-17(13-19)20(15-4-2-1-3-5-15)23-21(26)16-6-8-18(9-7-16)24-11-10-22-14-24/h1-11,14,17,19-20,25H,12-13H2,(H,23,26). The van der Waals surface area contributed by atoms with E-state index in [1.807, 2.05) is 65.4 Å². The van der Waals surface area contributed by atoms with Crippen molar-refractivity contribution in [3.8, 4) is 5.69 Å². The van der Waals surface area contributed by atoms with Crippen LogP contribution in [0.1, 0.15) is 34.8 Å². The minimum Gasteiger partial charge on any atom is -0.393 e. The molecule has 1 fully saturated rings. The number of hydrogen-bond acceptors (Lipinski definition) is 3. The van der Waals surface area contributed by atoms with Gasteiger partial charge in [0.2, 0.25) is 0 Å². The van der Waals surface area contributed by atoms with Crippen molar-refractivity contribution < 1.29 is 9.90 Å². The largest absolute Gasteiger partial charge is 0.393 e. The summed E-state index contributed by atoms with van der Waals surface area (Å²) >= 11 is 0. The third kappa shape index (κ3) is 3.39. The first-order valence-corrected chi connectivity index (χ1v) is 8.83. The summed E-state index contributed by atoms with van der Waals surface area (Å²) in [6.07, 6.45) is 6.50. The molecule has 4 rings (SSSR count). The van der Waals surface area contributed by atoms with E-state index in [2.05, 4.69) is 10.3 Å². The zero-order valence-electron chi connectivity index (χ0n) is 14.3. The molecule has 0 spiro atoms. The van der Waals surface area contributed by atoms with E-state index in [0.717, 1.165) is 24.1 Å². The summed E-state index contributed by atoms with van der Waals surface area (Å²) in [6, 6.07) is 17.3. The van der Waals surface area contributed by atoms with Crippen LogP contribution in [0.5, 0.6) is 0 Å². The quantitative estimate of drug-likeness (QED) is 0.745. The van der Waals surface area contributed by atoms with Crippen LogP contribution in [0.2, 0.25) is 0 Å². The molecule has 2 N–H and O–H groups in total. The zero-order valence-corrected chi connectivity index (χ0v) is 14.3. The summed E-state index contributed by atoms with van der Waals surface area (Å²) in [5, 5.41) is 12.8. The lowest BCUT2D eigenvalue weighted by Gasteiger charge is -2.38. The molecule has 5 heteroatoms. The maximum atomic E-state index is 12.8. The van der Waals surface area contributed by atoms with Crippen molar-refractivity contribution in [2.75, 3.05) is 0 Å². The second-order valence-electron chi connectivity index (χ2n) is 6.76. The van der Waals surface area contributed by atoms with Crippen LogP contribution in [0, 0.1) is 5.92 Å². The maximum absolute atomic E-state index is 12.8. The Balaban J connectivity index is 1.51. The summed E-state index contributed by atoms with van der Waals surface area (Å²) in [6.45, 7) is 0. The highest BCUT2D eigenvalue weighted by atomic mass is 16.3. The molecular weight excluding hydrogens is 326 g/mol. The van der Waals surface area contributed by atoms with Gasteiger partial charge in [-0.3, -0.25) is 4.79 Å². The van der Waals surface area contributed by atoms with Crippen LogP contribution >= 0.6 is 0 Å². The van der Waals surface area contributed by atoms with Crippen molar-refractivity contribution in [3.05, 3.63) is 84.4 Å². The fourth-order valence-corrected chi connectivity index (χ4v) is 3.46. The highest BCUT2D eigenvalue weighted by Gasteiger charge is 2.35. The molecule has 3 aromatic rings. The number of aliphatic hydroxyl groups is 1. The van der Waals surface area contributed by atoms with E-state index in [9.17, 15) is 9.90 Å². The minimum absolute atomic E-state index is 0.0829. The van der Waals surface area contributed by atoms with Crippen LogP contribution in [0.25, 0.3) is 5.69 Å². The van der Waals surface area contributed by atoms with E-state index in [-0.39, 0.29) is 24.0 Å². The number of hydrogen-bond donors (Lipinski definition) is 2. The molecule has 5 nitrogen and oxygen atoms in total. The normalized spacial score (nSPS) is 20.2. The molecule has 1 aliphatic carbocycles. The van der Waals surface area contributed by atoms with Gasteiger partial charge in [-0.2, -0.15) is 0 Å². The van der Waals surface area contributed by atoms with Gasteiger partial charge in [0.15, 0.2) is 0 Å². The molecule has 0 bridgehead atoms. The number of benzene rings is 2. The molecule has 26 heavy (non-hydrogen) atoms. The van der Waals surface area contributed by atoms with E-state index in [1.54, 1.807) is 12.5 Å². The zero-order chi connectivity index (χ0) is 17.9. The maximum Gasteiger partial charge on any atom is 0.251 e. The number of aromatic nitrogens is 2. The number of nitrogens with zero attached hydrogens (tertiary/aromatic N) is 2. The van der Waals surface area contributed by atoms with Crippen molar-refractivity contribution in [2.45, 2.75) is 25.0 Å². The van der Waals surface area contributed by atoms with Gasteiger partial charge in [0.25, 0.3) is 5.91 Å². The smallest absolute Gasteiger partial charge is 0.251 e. The number of carbonyl (C=O) groups excluding carboxylic acids is 1. The number of imidazole rings is 1. The monoisotopic (exact) mass is 347 g/mol. The molecule has 2 aromatic carbocycles. The summed E-state index contributed by atoms with van der Waals surface area (Å²) in [4.78, 5) is 16.8. The predicted molar refractivity (Wildman–Crippen MR) is 98.9 cm³/mol. The average Bonchev–Trinajstić information content (AvgIpc) is 3.19. The van der Waals surface area contributed by atoms with Crippen LogP contribution in [0.4, 0.5) is 0 Å². The Bertz CT molecular complexity index is 854. The third-order valence-electron chi connectivity index (χ3n) is 5.00. The fourth-order valence-electron chi connectivity index (χ4n) is 3.46. The Hall–Kier alpha value is -2.92. The van der Waals surface area contributed by atoms with Crippen LogP contribution in [-0.2, 0) is 0 Å². The second kappa shape index (κ2) is 7.14. The van der Waals surface area contributed by atoms with Crippen molar-refractivity contribution >= 4 is 5.91 Å². The first kappa shape index (κ1) is 16.5. The third-order valence-corrected chi connectivity index (χ3v) is 5.00. The molecular formula is C21H21N3O2. The van der Waals surface area contributed by atoms with Gasteiger partial charge in [-0.15, -0.1) is 0 Å². The molecule has 1 unspecified atom stereocenters. The lowest BCUT2D eigenvalue weighted by Crippen LogP contribution is -2.41. The first-order chi connectivity index (χ1) is 12.7. The van der Waals surface area contributed by atoms with Crippen LogP contribution < -0.4 is 5.32 Å². The van der Waals surface area contributed by atoms with E-state index in [1.165, 1.54) is 0 Å². The predicted octanol–water partition coefficient (Wildman–Crippen LogP) is 3.11. The lowest BCUT2D eigenvalue weighted by atomic mass is 9.75. The first-order valence-electron chi connectivity index (χ1n) is 8.83. The van der Waals surface area contributed by atoms with Gasteiger partial charge >= 0.3 is 0 Å². The van der Waals surface area contributed by atoms with Crippen LogP contribution in [0.15, 0.2) is 73.3 Å². The number of aliphatic hydroxyl groups excluding tert-OH is 1. The summed E-state index contributed by atoms with van der Waals surface area (Å²) < 4.78 is 1.89. The molecule has 0 radical (unpaired) electrons. The van der Waals surface area contributed by atoms with Gasteiger partial charge in [-0.05, 0) is 48.6 Å². The summed E-state index contributed by atoms with van der Waals surface area (Å²) in [5.74, 6) is 0.166. The molecule has 1 heterocycles. The number of rotatable bonds is 5. The molecule has 1 saturated carbocycles. The molecule has 0 aliphatic heterocycles. The Morgan fingerprint density at radius 1 is 1.12 bits per heavy atom. The van der Waals surface area contributed by atoms with Gasteiger partial charge in [-0.1, -0.05) is 30.3 Å². The topological polar surface area (TPSA) is 67.2 Å². The van der Waals surface area contributed by atoms with Crippen molar-refractivity contribution in [1.29, 1.82) is 0 Å². The molecule has 1 atom stereocenters. The Labute approximate surface area is 152 Å². The minimum atomic E-state index is -0.252. The molecule has 1 amide bonds. The Kier molecular flexibility index (Phi) is 4.54. The highest BCUT2D eigenvalue weighted by molar-refractivity contribution is 5.94. The molecule has 1 aliphatic rings. The van der Waals surface area contributed by atoms with Crippen LogP contribution in [0.3, 0.4) is 0 Å². The van der Waals surface area contributed by atoms with Gasteiger partial charge in [-0.25, -0.2) is 4.98 Å². The fraction of sp³-hybridized carbons (Fsp3) is 0.238. The highest BCUT2D eigenvalue weighted by Crippen LogP contribution is 2.38. The number of nitrogens with one attached hydrogen (secondary N) is 1. The molecule has 0 saturated heterocycles.